The Morgan fingerprint density at radius 2 is 1.68 bits per heavy atom. The average molecular weight is 309 g/mol. The molecular formula is C18H13ClN2O. The van der Waals surface area contributed by atoms with Crippen molar-refractivity contribution < 1.29 is 4.79 Å². The average Bonchev–Trinajstić information content (AvgIpc) is 2.56. The number of hydrogen-bond acceptors (Lipinski definition) is 2. The molecule has 2 aromatic carbocycles. The van der Waals surface area contributed by atoms with Crippen LogP contribution >= 0.6 is 11.6 Å². The number of carbonyl (C=O) groups excluding carboxylic acids is 1. The highest BCUT2D eigenvalue weighted by Gasteiger charge is 2.07. The van der Waals surface area contributed by atoms with Gasteiger partial charge in [-0.15, -0.1) is 0 Å². The molecule has 0 atom stereocenters. The van der Waals surface area contributed by atoms with Crippen molar-refractivity contribution in [2.45, 2.75) is 0 Å². The van der Waals surface area contributed by atoms with Crippen LogP contribution in [0.15, 0.2) is 72.9 Å². The second-order valence-electron chi connectivity index (χ2n) is 4.77. The highest BCUT2D eigenvalue weighted by molar-refractivity contribution is 6.29. The highest BCUT2D eigenvalue weighted by Crippen LogP contribution is 2.22. The van der Waals surface area contributed by atoms with Crippen molar-refractivity contribution in [3.05, 3.63) is 83.6 Å². The molecule has 0 spiro atoms. The number of hydrogen-bond donors (Lipinski definition) is 1. The zero-order valence-corrected chi connectivity index (χ0v) is 12.4. The van der Waals surface area contributed by atoms with Gasteiger partial charge in [-0.25, -0.2) is 4.98 Å². The molecule has 0 unspecified atom stereocenters. The zero-order chi connectivity index (χ0) is 15.4. The normalized spacial score (nSPS) is 10.2. The van der Waals surface area contributed by atoms with Crippen molar-refractivity contribution in [3.8, 4) is 11.1 Å². The molecule has 4 heteroatoms. The molecule has 1 amide bonds. The van der Waals surface area contributed by atoms with E-state index in [1.54, 1.807) is 12.1 Å². The second-order valence-corrected chi connectivity index (χ2v) is 5.16. The number of aromatic nitrogens is 1. The van der Waals surface area contributed by atoms with Crippen LogP contribution in [0.1, 0.15) is 10.4 Å². The molecule has 0 saturated carbocycles. The molecule has 22 heavy (non-hydrogen) atoms. The summed E-state index contributed by atoms with van der Waals surface area (Å²) in [5.41, 5.74) is 3.36. The minimum Gasteiger partial charge on any atom is -0.322 e. The van der Waals surface area contributed by atoms with Crippen molar-refractivity contribution in [1.29, 1.82) is 0 Å². The molecule has 0 aliphatic heterocycles. The van der Waals surface area contributed by atoms with E-state index in [0.29, 0.717) is 10.7 Å². The van der Waals surface area contributed by atoms with Crippen LogP contribution in [-0.2, 0) is 0 Å². The summed E-state index contributed by atoms with van der Waals surface area (Å²) in [6, 6.07) is 21.0. The van der Waals surface area contributed by atoms with E-state index >= 15 is 0 Å². The Kier molecular flexibility index (Phi) is 4.17. The lowest BCUT2D eigenvalue weighted by Gasteiger charge is -2.08. The second kappa shape index (κ2) is 6.41. The monoisotopic (exact) mass is 308 g/mol. The summed E-state index contributed by atoms with van der Waals surface area (Å²) in [6.45, 7) is 0. The number of amides is 1. The van der Waals surface area contributed by atoms with Gasteiger partial charge in [0.05, 0.1) is 5.56 Å². The number of carbonyl (C=O) groups is 1. The van der Waals surface area contributed by atoms with E-state index in [2.05, 4.69) is 10.3 Å². The van der Waals surface area contributed by atoms with Crippen molar-refractivity contribution in [2.24, 2.45) is 0 Å². The molecule has 0 aliphatic rings. The standard InChI is InChI=1S/C18H13ClN2O/c19-17-10-9-15(12-20-17)18(22)21-16-8-4-7-14(11-16)13-5-2-1-3-6-13/h1-12H,(H,21,22). The lowest BCUT2D eigenvalue weighted by Crippen LogP contribution is -2.12. The minimum absolute atomic E-state index is 0.214. The van der Waals surface area contributed by atoms with Gasteiger partial charge in [0, 0.05) is 11.9 Å². The van der Waals surface area contributed by atoms with Crippen molar-refractivity contribution in [3.63, 3.8) is 0 Å². The predicted octanol–water partition coefficient (Wildman–Crippen LogP) is 4.65. The van der Waals surface area contributed by atoms with Gasteiger partial charge in [0.15, 0.2) is 0 Å². The third kappa shape index (κ3) is 3.32. The van der Waals surface area contributed by atoms with Crippen molar-refractivity contribution >= 4 is 23.2 Å². The third-order valence-corrected chi connectivity index (χ3v) is 3.44. The fourth-order valence-corrected chi connectivity index (χ4v) is 2.23. The summed E-state index contributed by atoms with van der Waals surface area (Å²) >= 11 is 5.72. The van der Waals surface area contributed by atoms with Crippen molar-refractivity contribution in [2.75, 3.05) is 5.32 Å². The summed E-state index contributed by atoms with van der Waals surface area (Å²) in [7, 11) is 0. The molecule has 0 saturated heterocycles. The number of nitrogens with zero attached hydrogens (tertiary/aromatic N) is 1. The molecule has 1 aromatic heterocycles. The third-order valence-electron chi connectivity index (χ3n) is 3.22. The maximum absolute atomic E-state index is 12.2. The Balaban J connectivity index is 1.81. The lowest BCUT2D eigenvalue weighted by molar-refractivity contribution is 0.102. The summed E-state index contributed by atoms with van der Waals surface area (Å²) < 4.78 is 0. The molecule has 0 bridgehead atoms. The minimum atomic E-state index is -0.214. The van der Waals surface area contributed by atoms with Crippen LogP contribution in [-0.4, -0.2) is 10.9 Å². The first kappa shape index (κ1) is 14.3. The Hall–Kier alpha value is -2.65. The molecule has 108 valence electrons. The first-order valence-corrected chi connectivity index (χ1v) is 7.18. The van der Waals surface area contributed by atoms with Gasteiger partial charge in [-0.1, -0.05) is 54.1 Å². The van der Waals surface area contributed by atoms with Crippen LogP contribution in [0.4, 0.5) is 5.69 Å². The molecule has 0 fully saturated rings. The van der Waals surface area contributed by atoms with Crippen LogP contribution in [0.5, 0.6) is 0 Å². The fourth-order valence-electron chi connectivity index (χ4n) is 2.12. The van der Waals surface area contributed by atoms with Crippen LogP contribution in [0.2, 0.25) is 5.15 Å². The topological polar surface area (TPSA) is 42.0 Å². The molecule has 0 radical (unpaired) electrons. The molecule has 1 heterocycles. The van der Waals surface area contributed by atoms with E-state index in [0.717, 1.165) is 16.8 Å². The summed E-state index contributed by atoms with van der Waals surface area (Å²) in [5.74, 6) is -0.214. The summed E-state index contributed by atoms with van der Waals surface area (Å²) in [6.07, 6.45) is 1.46. The Bertz CT molecular complexity index is 786. The molecule has 0 aliphatic carbocycles. The van der Waals surface area contributed by atoms with Gasteiger partial charge in [-0.05, 0) is 35.4 Å². The Morgan fingerprint density at radius 1 is 0.909 bits per heavy atom. The van der Waals surface area contributed by atoms with Crippen LogP contribution in [0.25, 0.3) is 11.1 Å². The van der Waals surface area contributed by atoms with Gasteiger partial charge in [0.25, 0.3) is 5.91 Å². The molecule has 3 nitrogen and oxygen atoms in total. The maximum atomic E-state index is 12.2. The van der Waals surface area contributed by atoms with E-state index in [4.69, 9.17) is 11.6 Å². The number of nitrogens with one attached hydrogen (secondary N) is 1. The predicted molar refractivity (Wildman–Crippen MR) is 89.1 cm³/mol. The smallest absolute Gasteiger partial charge is 0.257 e. The fraction of sp³-hybridized carbons (Fsp3) is 0. The van der Waals surface area contributed by atoms with E-state index < -0.39 is 0 Å². The summed E-state index contributed by atoms with van der Waals surface area (Å²) in [5, 5.41) is 3.23. The summed E-state index contributed by atoms with van der Waals surface area (Å²) in [4.78, 5) is 16.1. The van der Waals surface area contributed by atoms with Crippen LogP contribution < -0.4 is 5.32 Å². The van der Waals surface area contributed by atoms with Crippen LogP contribution in [0.3, 0.4) is 0 Å². The number of pyridine rings is 1. The number of rotatable bonds is 3. The van der Waals surface area contributed by atoms with E-state index in [-0.39, 0.29) is 5.91 Å². The van der Waals surface area contributed by atoms with Gasteiger partial charge in [-0.2, -0.15) is 0 Å². The van der Waals surface area contributed by atoms with Gasteiger partial charge in [0.2, 0.25) is 0 Å². The highest BCUT2D eigenvalue weighted by atomic mass is 35.5. The van der Waals surface area contributed by atoms with Gasteiger partial charge in [0.1, 0.15) is 5.15 Å². The van der Waals surface area contributed by atoms with E-state index in [1.807, 2.05) is 54.6 Å². The molecule has 3 rings (SSSR count). The maximum Gasteiger partial charge on any atom is 0.257 e. The first-order chi connectivity index (χ1) is 10.7. The number of benzene rings is 2. The van der Waals surface area contributed by atoms with Gasteiger partial charge < -0.3 is 5.32 Å². The van der Waals surface area contributed by atoms with E-state index in [1.165, 1.54) is 6.20 Å². The number of halogens is 1. The van der Waals surface area contributed by atoms with E-state index in [9.17, 15) is 4.79 Å². The Morgan fingerprint density at radius 3 is 2.41 bits per heavy atom. The zero-order valence-electron chi connectivity index (χ0n) is 11.7. The van der Waals surface area contributed by atoms with Gasteiger partial charge in [-0.3, -0.25) is 4.79 Å². The molecule has 3 aromatic rings. The van der Waals surface area contributed by atoms with Crippen molar-refractivity contribution in [1.82, 2.24) is 4.98 Å². The number of anilines is 1. The van der Waals surface area contributed by atoms with Gasteiger partial charge >= 0.3 is 0 Å². The largest absolute Gasteiger partial charge is 0.322 e. The first-order valence-electron chi connectivity index (χ1n) is 6.81. The molecular weight excluding hydrogens is 296 g/mol. The molecule has 1 N–H and O–H groups in total. The van der Waals surface area contributed by atoms with Crippen LogP contribution in [0, 0.1) is 0 Å². The SMILES string of the molecule is O=C(Nc1cccc(-c2ccccc2)c1)c1ccc(Cl)nc1. The Labute approximate surface area is 133 Å². The lowest BCUT2D eigenvalue weighted by atomic mass is 10.1. The quantitative estimate of drug-likeness (QED) is 0.715.